The van der Waals surface area contributed by atoms with Crippen LogP contribution in [0.15, 0.2) is 29.6 Å². The van der Waals surface area contributed by atoms with Gasteiger partial charge in [-0.2, -0.15) is 5.26 Å². The molecule has 1 atom stereocenters. The van der Waals surface area contributed by atoms with Crippen LogP contribution in [0, 0.1) is 23.7 Å². The van der Waals surface area contributed by atoms with Crippen molar-refractivity contribution in [2.75, 3.05) is 0 Å². The third-order valence-electron chi connectivity index (χ3n) is 3.94. The summed E-state index contributed by atoms with van der Waals surface area (Å²) in [4.78, 5) is 4.52. The number of aromatic nitrogens is 1. The first-order valence-electron chi connectivity index (χ1n) is 6.60. The highest BCUT2D eigenvalue weighted by Crippen LogP contribution is 2.38. The molecule has 0 aliphatic heterocycles. The molecule has 2 aromatic rings. The summed E-state index contributed by atoms with van der Waals surface area (Å²) in [6.07, 6.45) is 3.59. The molecule has 1 heterocycles. The van der Waals surface area contributed by atoms with Crippen molar-refractivity contribution in [2.45, 2.75) is 32.6 Å². The Labute approximate surface area is 117 Å². The standard InChI is InChI=1S/C16H16N2S/c1-12-18-15(10-19-12)9-16(11-17)7-6-13-4-2-3-5-14(13)8-16/h2-5,10H,6-9H2,1H3. The highest BCUT2D eigenvalue weighted by atomic mass is 32.1. The molecule has 0 saturated carbocycles. The molecule has 1 unspecified atom stereocenters. The predicted octanol–water partition coefficient (Wildman–Crippen LogP) is 3.69. The van der Waals surface area contributed by atoms with Gasteiger partial charge in [-0.3, -0.25) is 0 Å². The zero-order chi connectivity index (χ0) is 13.3. The van der Waals surface area contributed by atoms with Crippen LogP contribution in [0.2, 0.25) is 0 Å². The van der Waals surface area contributed by atoms with E-state index in [9.17, 15) is 5.26 Å². The van der Waals surface area contributed by atoms with E-state index < -0.39 is 0 Å². The molecule has 0 bridgehead atoms. The first-order valence-corrected chi connectivity index (χ1v) is 7.48. The summed E-state index contributed by atoms with van der Waals surface area (Å²) in [5.41, 5.74) is 3.54. The maximum absolute atomic E-state index is 9.66. The van der Waals surface area contributed by atoms with E-state index >= 15 is 0 Å². The second-order valence-electron chi connectivity index (χ2n) is 5.37. The monoisotopic (exact) mass is 268 g/mol. The van der Waals surface area contributed by atoms with Crippen LogP contribution < -0.4 is 0 Å². The number of thiazole rings is 1. The van der Waals surface area contributed by atoms with Crippen molar-refractivity contribution >= 4 is 11.3 Å². The van der Waals surface area contributed by atoms with E-state index in [1.54, 1.807) is 11.3 Å². The number of aryl methyl sites for hydroxylation is 2. The highest BCUT2D eigenvalue weighted by molar-refractivity contribution is 7.09. The molecular formula is C16H16N2S. The SMILES string of the molecule is Cc1nc(CC2(C#N)CCc3ccccc3C2)cs1. The second kappa shape index (κ2) is 4.79. The molecule has 1 aliphatic rings. The molecule has 1 aromatic carbocycles. The molecule has 0 fully saturated rings. The van der Waals surface area contributed by atoms with Crippen LogP contribution in [0.1, 0.15) is 28.2 Å². The van der Waals surface area contributed by atoms with Gasteiger partial charge in [0.1, 0.15) is 0 Å². The molecule has 1 aliphatic carbocycles. The van der Waals surface area contributed by atoms with Gasteiger partial charge in [0.05, 0.1) is 22.2 Å². The van der Waals surface area contributed by atoms with E-state index in [-0.39, 0.29) is 5.41 Å². The van der Waals surface area contributed by atoms with E-state index in [2.05, 4.69) is 40.7 Å². The smallest absolute Gasteiger partial charge is 0.0897 e. The minimum Gasteiger partial charge on any atom is -0.247 e. The first kappa shape index (κ1) is 12.4. The maximum atomic E-state index is 9.66. The lowest BCUT2D eigenvalue weighted by Gasteiger charge is -2.31. The predicted molar refractivity (Wildman–Crippen MR) is 77.1 cm³/mol. The molecule has 0 spiro atoms. The third-order valence-corrected chi connectivity index (χ3v) is 4.77. The van der Waals surface area contributed by atoms with Crippen LogP contribution in [-0.4, -0.2) is 4.98 Å². The second-order valence-corrected chi connectivity index (χ2v) is 6.43. The summed E-state index contributed by atoms with van der Waals surface area (Å²) in [7, 11) is 0. The number of nitriles is 1. The van der Waals surface area contributed by atoms with Crippen LogP contribution >= 0.6 is 11.3 Å². The maximum Gasteiger partial charge on any atom is 0.0897 e. The Hall–Kier alpha value is -1.66. The highest BCUT2D eigenvalue weighted by Gasteiger charge is 2.35. The fraction of sp³-hybridized carbons (Fsp3) is 0.375. The minimum absolute atomic E-state index is 0.269. The fourth-order valence-corrected chi connectivity index (χ4v) is 3.54. The Morgan fingerprint density at radius 3 is 2.84 bits per heavy atom. The van der Waals surface area contributed by atoms with Crippen LogP contribution in [0.3, 0.4) is 0 Å². The summed E-state index contributed by atoms with van der Waals surface area (Å²) in [5, 5.41) is 12.8. The summed E-state index contributed by atoms with van der Waals surface area (Å²) < 4.78 is 0. The molecule has 0 N–H and O–H groups in total. The molecule has 2 nitrogen and oxygen atoms in total. The van der Waals surface area contributed by atoms with E-state index in [0.29, 0.717) is 0 Å². The molecule has 0 radical (unpaired) electrons. The number of nitrogens with zero attached hydrogens (tertiary/aromatic N) is 2. The summed E-state index contributed by atoms with van der Waals surface area (Å²) in [6.45, 7) is 2.02. The Morgan fingerprint density at radius 1 is 1.37 bits per heavy atom. The van der Waals surface area contributed by atoms with Crippen molar-refractivity contribution in [3.8, 4) is 6.07 Å². The lowest BCUT2D eigenvalue weighted by atomic mass is 9.70. The summed E-state index contributed by atoms with van der Waals surface area (Å²) >= 11 is 1.67. The van der Waals surface area contributed by atoms with Gasteiger partial charge >= 0.3 is 0 Å². The van der Waals surface area contributed by atoms with Gasteiger partial charge in [0.25, 0.3) is 0 Å². The number of rotatable bonds is 2. The van der Waals surface area contributed by atoms with E-state index in [4.69, 9.17) is 0 Å². The Bertz CT molecular complexity index is 638. The summed E-state index contributed by atoms with van der Waals surface area (Å²) in [6, 6.07) is 11.1. The molecule has 19 heavy (non-hydrogen) atoms. The van der Waals surface area contributed by atoms with Crippen LogP contribution in [0.5, 0.6) is 0 Å². The molecule has 0 amide bonds. The van der Waals surface area contributed by atoms with E-state index in [0.717, 1.165) is 36.4 Å². The van der Waals surface area contributed by atoms with E-state index in [1.807, 2.05) is 6.92 Å². The molecule has 3 rings (SSSR count). The van der Waals surface area contributed by atoms with E-state index in [1.165, 1.54) is 11.1 Å². The largest absolute Gasteiger partial charge is 0.247 e. The number of fused-ring (bicyclic) bond motifs is 1. The Kier molecular flexibility index (Phi) is 3.12. The van der Waals surface area contributed by atoms with Gasteiger partial charge in [-0.05, 0) is 37.3 Å². The number of hydrogen-bond acceptors (Lipinski definition) is 3. The average molecular weight is 268 g/mol. The number of benzene rings is 1. The fourth-order valence-electron chi connectivity index (χ4n) is 2.92. The van der Waals surface area contributed by atoms with Gasteiger partial charge in [0, 0.05) is 11.8 Å². The Balaban J connectivity index is 1.88. The third kappa shape index (κ3) is 2.41. The molecule has 96 valence electrons. The lowest BCUT2D eigenvalue weighted by molar-refractivity contribution is 0.337. The van der Waals surface area contributed by atoms with Crippen molar-refractivity contribution in [1.29, 1.82) is 5.26 Å². The van der Waals surface area contributed by atoms with Crippen molar-refractivity contribution in [3.05, 3.63) is 51.5 Å². The zero-order valence-corrected chi connectivity index (χ0v) is 11.8. The van der Waals surface area contributed by atoms with Crippen molar-refractivity contribution < 1.29 is 0 Å². The van der Waals surface area contributed by atoms with Crippen molar-refractivity contribution in [2.24, 2.45) is 5.41 Å². The first-order chi connectivity index (χ1) is 9.21. The Morgan fingerprint density at radius 2 is 2.16 bits per heavy atom. The van der Waals surface area contributed by atoms with Gasteiger partial charge in [0.2, 0.25) is 0 Å². The molecular weight excluding hydrogens is 252 g/mol. The quantitative estimate of drug-likeness (QED) is 0.833. The van der Waals surface area contributed by atoms with Gasteiger partial charge in [-0.15, -0.1) is 11.3 Å². The van der Waals surface area contributed by atoms with Gasteiger partial charge in [-0.25, -0.2) is 4.98 Å². The van der Waals surface area contributed by atoms with Crippen molar-refractivity contribution in [1.82, 2.24) is 4.98 Å². The summed E-state index contributed by atoms with van der Waals surface area (Å²) in [5.74, 6) is 0. The van der Waals surface area contributed by atoms with Crippen LogP contribution in [-0.2, 0) is 19.3 Å². The number of hydrogen-bond donors (Lipinski definition) is 0. The minimum atomic E-state index is -0.269. The van der Waals surface area contributed by atoms with Gasteiger partial charge in [0.15, 0.2) is 0 Å². The lowest BCUT2D eigenvalue weighted by Crippen LogP contribution is -2.29. The van der Waals surface area contributed by atoms with Crippen LogP contribution in [0.4, 0.5) is 0 Å². The molecule has 0 saturated heterocycles. The van der Waals surface area contributed by atoms with Crippen molar-refractivity contribution in [3.63, 3.8) is 0 Å². The van der Waals surface area contributed by atoms with Crippen LogP contribution in [0.25, 0.3) is 0 Å². The molecule has 1 aromatic heterocycles. The van der Waals surface area contributed by atoms with Gasteiger partial charge < -0.3 is 0 Å². The topological polar surface area (TPSA) is 36.7 Å². The normalized spacial score (nSPS) is 21.7. The zero-order valence-electron chi connectivity index (χ0n) is 11.0. The average Bonchev–Trinajstić information content (AvgIpc) is 2.84. The van der Waals surface area contributed by atoms with Gasteiger partial charge in [-0.1, -0.05) is 24.3 Å². The molecule has 3 heteroatoms.